The fourth-order valence-corrected chi connectivity index (χ4v) is 4.16. The van der Waals surface area contributed by atoms with Crippen LogP contribution in [0.2, 0.25) is 0 Å². The number of aromatic nitrogens is 2. The van der Waals surface area contributed by atoms with E-state index in [1.54, 1.807) is 16.2 Å². The Morgan fingerprint density at radius 1 is 1.27 bits per heavy atom. The van der Waals surface area contributed by atoms with Gasteiger partial charge >= 0.3 is 0 Å². The smallest absolute Gasteiger partial charge is 0.257 e. The maximum absolute atomic E-state index is 13.6. The summed E-state index contributed by atoms with van der Waals surface area (Å²) in [6.45, 7) is 3.63. The quantitative estimate of drug-likeness (QED) is 0.573. The minimum absolute atomic E-state index is 0.196. The van der Waals surface area contributed by atoms with Gasteiger partial charge in [0.05, 0.1) is 17.6 Å². The van der Waals surface area contributed by atoms with E-state index in [-0.39, 0.29) is 11.5 Å². The molecule has 1 fully saturated rings. The van der Waals surface area contributed by atoms with Crippen LogP contribution in [0.5, 0.6) is 5.75 Å². The van der Waals surface area contributed by atoms with E-state index >= 15 is 0 Å². The molecule has 3 heterocycles. The molecule has 1 aromatic carbocycles. The van der Waals surface area contributed by atoms with Crippen molar-refractivity contribution in [3.8, 4) is 16.5 Å². The first-order valence-electron chi connectivity index (χ1n) is 9.85. The third-order valence-electron chi connectivity index (χ3n) is 5.13. The monoisotopic (exact) mass is 430 g/mol. The zero-order chi connectivity index (χ0) is 20.9. The van der Waals surface area contributed by atoms with Crippen molar-refractivity contribution >= 4 is 17.2 Å². The maximum atomic E-state index is 13.6. The van der Waals surface area contributed by atoms with Crippen LogP contribution in [0.25, 0.3) is 10.7 Å². The number of carbonyl (C=O) groups excluding carboxylic acids is 1. The van der Waals surface area contributed by atoms with Gasteiger partial charge < -0.3 is 14.2 Å². The number of aryl methyl sites for hydroxylation is 1. The number of methoxy groups -OCH3 is 1. The molecule has 0 aliphatic carbocycles. The third-order valence-corrected chi connectivity index (χ3v) is 5.99. The highest BCUT2D eigenvalue weighted by atomic mass is 32.1. The van der Waals surface area contributed by atoms with Gasteiger partial charge in [-0.15, -0.1) is 11.3 Å². The summed E-state index contributed by atoms with van der Waals surface area (Å²) in [6, 6.07) is 7.95. The number of amides is 1. The van der Waals surface area contributed by atoms with Crippen LogP contribution in [0.3, 0.4) is 0 Å². The van der Waals surface area contributed by atoms with E-state index in [0.29, 0.717) is 30.6 Å². The molecule has 0 unspecified atom stereocenters. The molecule has 1 amide bonds. The van der Waals surface area contributed by atoms with Crippen LogP contribution < -0.4 is 4.74 Å². The van der Waals surface area contributed by atoms with Crippen molar-refractivity contribution in [1.82, 2.24) is 19.9 Å². The van der Waals surface area contributed by atoms with Gasteiger partial charge in [-0.3, -0.25) is 9.69 Å². The molecule has 0 bridgehead atoms. The van der Waals surface area contributed by atoms with Crippen molar-refractivity contribution in [2.45, 2.75) is 12.8 Å². The average molecular weight is 431 g/mol. The molecule has 158 valence electrons. The van der Waals surface area contributed by atoms with Crippen LogP contribution in [0.15, 0.2) is 40.2 Å². The molecule has 30 heavy (non-hydrogen) atoms. The standard InChI is InChI=1S/C21H23FN4O3S/c1-28-17-7-6-15(22)14-16(17)21(27)26-11-9-25(10-12-26)8-2-5-19-23-20(24-29-19)18-4-3-13-30-18/h3-4,6-7,13-14H,2,5,8-12H2,1H3. The van der Waals surface area contributed by atoms with E-state index in [4.69, 9.17) is 9.26 Å². The van der Waals surface area contributed by atoms with Crippen molar-refractivity contribution in [3.63, 3.8) is 0 Å². The minimum atomic E-state index is -0.443. The lowest BCUT2D eigenvalue weighted by Crippen LogP contribution is -2.49. The van der Waals surface area contributed by atoms with E-state index in [1.165, 1.54) is 25.3 Å². The van der Waals surface area contributed by atoms with Crippen molar-refractivity contribution in [3.05, 3.63) is 53.0 Å². The summed E-state index contributed by atoms with van der Waals surface area (Å²) in [5.41, 5.74) is 0.267. The number of nitrogens with zero attached hydrogens (tertiary/aromatic N) is 4. The highest BCUT2D eigenvalue weighted by molar-refractivity contribution is 7.13. The van der Waals surface area contributed by atoms with Crippen molar-refractivity contribution in [2.24, 2.45) is 0 Å². The van der Waals surface area contributed by atoms with E-state index < -0.39 is 5.82 Å². The third kappa shape index (κ3) is 4.68. The molecular weight excluding hydrogens is 407 g/mol. The number of piperazine rings is 1. The second-order valence-electron chi connectivity index (χ2n) is 7.07. The molecule has 0 atom stereocenters. The molecular formula is C21H23FN4O3S. The fraction of sp³-hybridized carbons (Fsp3) is 0.381. The largest absolute Gasteiger partial charge is 0.496 e. The van der Waals surface area contributed by atoms with Gasteiger partial charge in [0.2, 0.25) is 11.7 Å². The van der Waals surface area contributed by atoms with Crippen LogP contribution in [0.4, 0.5) is 4.39 Å². The van der Waals surface area contributed by atoms with Crippen LogP contribution in [-0.2, 0) is 6.42 Å². The zero-order valence-electron chi connectivity index (χ0n) is 16.7. The molecule has 1 aliphatic rings. The normalized spacial score (nSPS) is 14.8. The van der Waals surface area contributed by atoms with Gasteiger partial charge in [-0.1, -0.05) is 11.2 Å². The highest BCUT2D eigenvalue weighted by Crippen LogP contribution is 2.23. The second-order valence-corrected chi connectivity index (χ2v) is 8.02. The van der Waals surface area contributed by atoms with Crippen LogP contribution >= 0.6 is 11.3 Å². The summed E-state index contributed by atoms with van der Waals surface area (Å²) in [6.07, 6.45) is 1.62. The molecule has 0 saturated carbocycles. The SMILES string of the molecule is COc1ccc(F)cc1C(=O)N1CCN(CCCc2nc(-c3cccs3)no2)CC1. The molecule has 4 rings (SSSR count). The van der Waals surface area contributed by atoms with E-state index in [0.717, 1.165) is 37.4 Å². The Bertz CT molecular complexity index is 984. The number of hydrogen-bond donors (Lipinski definition) is 0. The number of rotatable bonds is 7. The van der Waals surface area contributed by atoms with Gasteiger partial charge in [-0.25, -0.2) is 4.39 Å². The van der Waals surface area contributed by atoms with Crippen molar-refractivity contribution in [1.29, 1.82) is 0 Å². The van der Waals surface area contributed by atoms with Gasteiger partial charge in [-0.05, 0) is 42.6 Å². The maximum Gasteiger partial charge on any atom is 0.257 e. The molecule has 9 heteroatoms. The lowest BCUT2D eigenvalue weighted by atomic mass is 10.1. The van der Waals surface area contributed by atoms with E-state index in [9.17, 15) is 9.18 Å². The average Bonchev–Trinajstić information content (AvgIpc) is 3.46. The van der Waals surface area contributed by atoms with Gasteiger partial charge in [0.25, 0.3) is 5.91 Å². The predicted molar refractivity (Wildman–Crippen MR) is 111 cm³/mol. The fourth-order valence-electron chi connectivity index (χ4n) is 3.51. The lowest BCUT2D eigenvalue weighted by molar-refractivity contribution is 0.0632. The number of thiophene rings is 1. The first-order valence-corrected chi connectivity index (χ1v) is 10.7. The van der Waals surface area contributed by atoms with E-state index in [2.05, 4.69) is 15.0 Å². The summed E-state index contributed by atoms with van der Waals surface area (Å²) in [5.74, 6) is 1.04. The van der Waals surface area contributed by atoms with Gasteiger partial charge in [0.1, 0.15) is 11.6 Å². The Hall–Kier alpha value is -2.78. The summed E-state index contributed by atoms with van der Waals surface area (Å²) in [4.78, 5) is 22.3. The van der Waals surface area contributed by atoms with Gasteiger partial charge in [0.15, 0.2) is 0 Å². The Morgan fingerprint density at radius 2 is 2.10 bits per heavy atom. The molecule has 0 radical (unpaired) electrons. The molecule has 2 aromatic heterocycles. The van der Waals surface area contributed by atoms with E-state index in [1.807, 2.05) is 17.5 Å². The molecule has 0 N–H and O–H groups in total. The first kappa shape index (κ1) is 20.5. The number of benzene rings is 1. The minimum Gasteiger partial charge on any atom is -0.496 e. The van der Waals surface area contributed by atoms with Gasteiger partial charge in [-0.2, -0.15) is 4.98 Å². The molecule has 3 aromatic rings. The molecule has 1 saturated heterocycles. The topological polar surface area (TPSA) is 71.7 Å². The Morgan fingerprint density at radius 3 is 2.83 bits per heavy atom. The van der Waals surface area contributed by atoms with Crippen LogP contribution in [0.1, 0.15) is 22.7 Å². The lowest BCUT2D eigenvalue weighted by Gasteiger charge is -2.34. The summed E-state index contributed by atoms with van der Waals surface area (Å²) >= 11 is 1.59. The Balaban J connectivity index is 1.24. The summed E-state index contributed by atoms with van der Waals surface area (Å²) in [5, 5.41) is 6.02. The molecule has 1 aliphatic heterocycles. The second kappa shape index (κ2) is 9.36. The summed E-state index contributed by atoms with van der Waals surface area (Å²) in [7, 11) is 1.48. The number of ether oxygens (including phenoxy) is 1. The first-order chi connectivity index (χ1) is 14.6. The van der Waals surface area contributed by atoms with Crippen molar-refractivity contribution < 1.29 is 18.4 Å². The number of halogens is 1. The van der Waals surface area contributed by atoms with Crippen LogP contribution in [0, 0.1) is 5.82 Å². The zero-order valence-corrected chi connectivity index (χ0v) is 17.5. The molecule has 0 spiro atoms. The number of carbonyl (C=O) groups is 1. The predicted octanol–water partition coefficient (Wildman–Crippen LogP) is 3.34. The van der Waals surface area contributed by atoms with Gasteiger partial charge in [0, 0.05) is 32.6 Å². The number of hydrogen-bond acceptors (Lipinski definition) is 7. The summed E-state index contributed by atoms with van der Waals surface area (Å²) < 4.78 is 24.1. The highest BCUT2D eigenvalue weighted by Gasteiger charge is 2.24. The molecule has 7 nitrogen and oxygen atoms in total. The Labute approximate surface area is 178 Å². The van der Waals surface area contributed by atoms with Crippen LogP contribution in [-0.4, -0.2) is 65.7 Å². The Kier molecular flexibility index (Phi) is 6.39. The van der Waals surface area contributed by atoms with Crippen molar-refractivity contribution in [2.75, 3.05) is 39.8 Å².